The van der Waals surface area contributed by atoms with Crippen LogP contribution in [-0.4, -0.2) is 0 Å². The van der Waals surface area contributed by atoms with E-state index in [0.717, 1.165) is 29.6 Å². The molecule has 0 amide bonds. The van der Waals surface area contributed by atoms with Gasteiger partial charge < -0.3 is 0 Å². The Balaban J connectivity index is 0.000000373. The van der Waals surface area contributed by atoms with Crippen LogP contribution in [0.25, 0.3) is 0 Å². The third-order valence-electron chi connectivity index (χ3n) is 6.78. The number of rotatable bonds is 0. The zero-order valence-corrected chi connectivity index (χ0v) is 13.5. The lowest BCUT2D eigenvalue weighted by Gasteiger charge is -2.47. The van der Waals surface area contributed by atoms with Crippen molar-refractivity contribution >= 4 is 0 Å². The second-order valence-corrected chi connectivity index (χ2v) is 7.66. The third kappa shape index (κ3) is 2.40. The van der Waals surface area contributed by atoms with Crippen molar-refractivity contribution in [3.8, 4) is 0 Å². The van der Waals surface area contributed by atoms with Crippen LogP contribution in [0.1, 0.15) is 71.6 Å². The minimum atomic E-state index is 1.04. The molecule has 5 unspecified atom stereocenters. The van der Waals surface area contributed by atoms with E-state index in [9.17, 15) is 0 Å². The molecule has 0 aliphatic heterocycles. The first kappa shape index (κ1) is 14.4. The van der Waals surface area contributed by atoms with E-state index in [2.05, 4.69) is 13.5 Å². The Kier molecular flexibility index (Phi) is 4.38. The van der Waals surface area contributed by atoms with Crippen LogP contribution >= 0.6 is 0 Å². The van der Waals surface area contributed by atoms with Gasteiger partial charge in [-0.25, -0.2) is 0 Å². The fourth-order valence-corrected chi connectivity index (χ4v) is 6.07. The van der Waals surface area contributed by atoms with Crippen molar-refractivity contribution in [1.29, 1.82) is 0 Å². The van der Waals surface area contributed by atoms with Crippen LogP contribution < -0.4 is 0 Å². The molecule has 0 nitrogen and oxygen atoms in total. The molecule has 3 fully saturated rings. The van der Waals surface area contributed by atoms with E-state index in [1.165, 1.54) is 19.3 Å². The first-order chi connectivity index (χ1) is 9.76. The summed E-state index contributed by atoms with van der Waals surface area (Å²) in [5.74, 6) is 5.57. The topological polar surface area (TPSA) is 0 Å². The summed E-state index contributed by atoms with van der Waals surface area (Å²) >= 11 is 0. The van der Waals surface area contributed by atoms with Crippen LogP contribution in [0.2, 0.25) is 0 Å². The zero-order valence-electron chi connectivity index (χ0n) is 13.5. The first-order valence-corrected chi connectivity index (χ1v) is 9.01. The molecule has 0 heterocycles. The second-order valence-electron chi connectivity index (χ2n) is 7.66. The molecule has 0 N–H and O–H groups in total. The van der Waals surface area contributed by atoms with Crippen LogP contribution in [0.5, 0.6) is 0 Å². The second kappa shape index (κ2) is 6.08. The highest BCUT2D eigenvalue weighted by atomic mass is 14.5. The van der Waals surface area contributed by atoms with Crippen molar-refractivity contribution in [2.45, 2.75) is 71.6 Å². The molecule has 0 radical (unpaired) electrons. The van der Waals surface area contributed by atoms with Crippen molar-refractivity contribution in [3.63, 3.8) is 0 Å². The van der Waals surface area contributed by atoms with Crippen LogP contribution in [0, 0.1) is 29.6 Å². The molecule has 4 aliphatic rings. The van der Waals surface area contributed by atoms with Gasteiger partial charge in [0.15, 0.2) is 0 Å². The molecule has 0 aromatic carbocycles. The average Bonchev–Trinajstić information content (AvgIpc) is 3.06. The van der Waals surface area contributed by atoms with Crippen molar-refractivity contribution in [2.24, 2.45) is 29.6 Å². The van der Waals surface area contributed by atoms with Gasteiger partial charge in [0.25, 0.3) is 0 Å². The molecule has 112 valence electrons. The summed E-state index contributed by atoms with van der Waals surface area (Å²) in [5.41, 5.74) is 3.70. The Morgan fingerprint density at radius 1 is 0.900 bits per heavy atom. The normalized spacial score (nSPS) is 42.2. The SMILES string of the molecule is C=CC.CC1=C2CCC3C4CCCC4CCC3C2CC1. The third-order valence-corrected chi connectivity index (χ3v) is 6.78. The van der Waals surface area contributed by atoms with Gasteiger partial charge in [-0.3, -0.25) is 0 Å². The molecule has 0 aromatic heterocycles. The van der Waals surface area contributed by atoms with Crippen LogP contribution in [0.3, 0.4) is 0 Å². The lowest BCUT2D eigenvalue weighted by Crippen LogP contribution is -2.38. The quantitative estimate of drug-likeness (QED) is 0.464. The molecule has 0 bridgehead atoms. The maximum Gasteiger partial charge on any atom is -0.0166 e. The molecule has 0 saturated heterocycles. The summed E-state index contributed by atoms with van der Waals surface area (Å²) < 4.78 is 0. The highest BCUT2D eigenvalue weighted by molar-refractivity contribution is 5.25. The Hall–Kier alpha value is -0.520. The fraction of sp³-hybridized carbons (Fsp3) is 0.800. The molecule has 0 aromatic rings. The predicted molar refractivity (Wildman–Crippen MR) is 87.6 cm³/mol. The predicted octanol–water partition coefficient (Wildman–Crippen LogP) is 6.14. The maximum atomic E-state index is 3.36. The van der Waals surface area contributed by atoms with Crippen molar-refractivity contribution in [3.05, 3.63) is 23.8 Å². The van der Waals surface area contributed by atoms with Crippen molar-refractivity contribution < 1.29 is 0 Å². The van der Waals surface area contributed by atoms with Gasteiger partial charge in [-0.05, 0) is 88.4 Å². The lowest BCUT2D eigenvalue weighted by atomic mass is 9.58. The molecule has 5 atom stereocenters. The molecule has 0 spiro atoms. The van der Waals surface area contributed by atoms with Crippen molar-refractivity contribution in [1.82, 2.24) is 0 Å². The largest absolute Gasteiger partial charge is 0.103 e. The molecule has 20 heavy (non-hydrogen) atoms. The van der Waals surface area contributed by atoms with Gasteiger partial charge in [0.2, 0.25) is 0 Å². The molecule has 4 rings (SSSR count). The van der Waals surface area contributed by atoms with Crippen LogP contribution in [0.15, 0.2) is 23.8 Å². The van der Waals surface area contributed by atoms with E-state index >= 15 is 0 Å². The Bertz CT molecular complexity index is 389. The van der Waals surface area contributed by atoms with Gasteiger partial charge in [-0.1, -0.05) is 30.1 Å². The van der Waals surface area contributed by atoms with Crippen molar-refractivity contribution in [2.75, 3.05) is 0 Å². The van der Waals surface area contributed by atoms with E-state index in [1.54, 1.807) is 50.2 Å². The van der Waals surface area contributed by atoms with E-state index in [1.807, 2.05) is 12.5 Å². The smallest absolute Gasteiger partial charge is 0.0166 e. The van der Waals surface area contributed by atoms with E-state index < -0.39 is 0 Å². The summed E-state index contributed by atoms with van der Waals surface area (Å²) in [6.07, 6.45) is 15.6. The first-order valence-electron chi connectivity index (χ1n) is 9.01. The molecular formula is C20H32. The number of hydrogen-bond acceptors (Lipinski definition) is 0. The van der Waals surface area contributed by atoms with Crippen LogP contribution in [-0.2, 0) is 0 Å². The van der Waals surface area contributed by atoms with Crippen LogP contribution in [0.4, 0.5) is 0 Å². The molecule has 4 aliphatic carbocycles. The van der Waals surface area contributed by atoms with Gasteiger partial charge in [-0.2, -0.15) is 0 Å². The molecular weight excluding hydrogens is 240 g/mol. The van der Waals surface area contributed by atoms with Gasteiger partial charge in [0, 0.05) is 0 Å². The molecule has 0 heteroatoms. The van der Waals surface area contributed by atoms with E-state index in [0.29, 0.717) is 0 Å². The minimum Gasteiger partial charge on any atom is -0.103 e. The lowest BCUT2D eigenvalue weighted by molar-refractivity contribution is 0.0556. The molecule has 3 saturated carbocycles. The Morgan fingerprint density at radius 2 is 1.70 bits per heavy atom. The Labute approximate surface area is 125 Å². The highest BCUT2D eigenvalue weighted by Crippen LogP contribution is 2.58. The van der Waals surface area contributed by atoms with E-state index in [-0.39, 0.29) is 0 Å². The van der Waals surface area contributed by atoms with Gasteiger partial charge in [0.1, 0.15) is 0 Å². The number of allylic oxidation sites excluding steroid dienone is 3. The standard InChI is InChI=1S/C17H26.C3H6/c1-11-5-7-15-13(11)9-10-16-14-4-2-3-12(14)6-8-17(15)16;1-3-2/h12,14-17H,2-10H2,1H3;3H,1H2,2H3. The zero-order chi connectivity index (χ0) is 14.1. The maximum absolute atomic E-state index is 3.36. The minimum absolute atomic E-state index is 1.04. The van der Waals surface area contributed by atoms with E-state index in [4.69, 9.17) is 0 Å². The monoisotopic (exact) mass is 272 g/mol. The van der Waals surface area contributed by atoms with Gasteiger partial charge in [0.05, 0.1) is 0 Å². The summed E-state index contributed by atoms with van der Waals surface area (Å²) in [5, 5.41) is 0. The summed E-state index contributed by atoms with van der Waals surface area (Å²) in [6.45, 7) is 7.66. The summed E-state index contributed by atoms with van der Waals surface area (Å²) in [7, 11) is 0. The van der Waals surface area contributed by atoms with Gasteiger partial charge in [-0.15, -0.1) is 6.58 Å². The fourth-order valence-electron chi connectivity index (χ4n) is 6.07. The number of hydrogen-bond donors (Lipinski definition) is 0. The summed E-state index contributed by atoms with van der Waals surface area (Å²) in [4.78, 5) is 0. The highest BCUT2D eigenvalue weighted by Gasteiger charge is 2.47. The summed E-state index contributed by atoms with van der Waals surface area (Å²) in [6, 6.07) is 0. The average molecular weight is 272 g/mol. The number of fused-ring (bicyclic) bond motifs is 5. The van der Waals surface area contributed by atoms with Gasteiger partial charge >= 0.3 is 0 Å². The Morgan fingerprint density at radius 3 is 2.50 bits per heavy atom.